The summed E-state index contributed by atoms with van der Waals surface area (Å²) in [6, 6.07) is 9.36. The second-order valence-electron chi connectivity index (χ2n) is 16.9. The van der Waals surface area contributed by atoms with Crippen LogP contribution in [0.25, 0.3) is 11.0 Å². The van der Waals surface area contributed by atoms with Gasteiger partial charge in [-0.3, -0.25) is 14.5 Å². The zero-order valence-electron chi connectivity index (χ0n) is 34.4. The fraction of sp³-hybridized carbons (Fsp3) is 0.605. The third-order valence-corrected chi connectivity index (χ3v) is 12.8. The van der Waals surface area contributed by atoms with E-state index < -0.39 is 85.1 Å². The van der Waals surface area contributed by atoms with Crippen molar-refractivity contribution in [2.45, 2.75) is 114 Å². The molecular formula is C38H52F5N5O5SSi. The van der Waals surface area contributed by atoms with Crippen LogP contribution in [0.3, 0.4) is 0 Å². The molecule has 5 rings (SSSR count). The number of imide groups is 1. The fourth-order valence-corrected chi connectivity index (χ4v) is 7.38. The Balaban J connectivity index is 1.49. The Hall–Kier alpha value is -3.09. The monoisotopic (exact) mass is 815 g/mol. The van der Waals surface area contributed by atoms with Crippen LogP contribution < -0.4 is 10.0 Å². The Kier molecular flexibility index (Phi) is 11.7. The molecule has 10 nitrogen and oxygen atoms in total. The van der Waals surface area contributed by atoms with Crippen molar-refractivity contribution >= 4 is 41.9 Å². The summed E-state index contributed by atoms with van der Waals surface area (Å²) in [6.07, 6.45) is -3.50. The van der Waals surface area contributed by atoms with Crippen molar-refractivity contribution in [3.63, 3.8) is 0 Å². The molecule has 0 unspecified atom stereocenters. The molecule has 1 aliphatic carbocycles. The number of fused-ring (bicyclic) bond motifs is 2. The van der Waals surface area contributed by atoms with Crippen molar-refractivity contribution in [2.75, 3.05) is 26.3 Å². The summed E-state index contributed by atoms with van der Waals surface area (Å²) in [6.45, 7) is 8.34. The van der Waals surface area contributed by atoms with Crippen LogP contribution in [0, 0.1) is 5.92 Å². The van der Waals surface area contributed by atoms with E-state index in [9.17, 15) is 27.0 Å². The van der Waals surface area contributed by atoms with Gasteiger partial charge in [0.05, 0.1) is 57.5 Å². The Morgan fingerprint density at radius 2 is 1.62 bits per heavy atom. The maximum absolute atomic E-state index is 15.9. The van der Waals surface area contributed by atoms with E-state index in [0.29, 0.717) is 40.9 Å². The van der Waals surface area contributed by atoms with E-state index in [1.807, 2.05) is 0 Å². The number of ether oxygens (including phenoxy) is 2. The molecule has 3 atom stereocenters. The van der Waals surface area contributed by atoms with Crippen LogP contribution in [0.15, 0.2) is 42.5 Å². The maximum Gasteiger partial charge on any atom is 0.416 e. The number of imidazole rings is 1. The zero-order chi connectivity index (χ0) is 42.5. The fourth-order valence-electron chi connectivity index (χ4n) is 5.84. The first-order valence-electron chi connectivity index (χ1n) is 19.2. The molecule has 0 radical (unpaired) electrons. The van der Waals surface area contributed by atoms with Gasteiger partial charge < -0.3 is 19.4 Å². The highest BCUT2D eigenvalue weighted by Gasteiger charge is 2.49. The number of hydrogen-bond donors (Lipinski definition) is 2. The topological polar surface area (TPSA) is 115 Å². The summed E-state index contributed by atoms with van der Waals surface area (Å²) in [7, 11) is -3.29. The summed E-state index contributed by atoms with van der Waals surface area (Å²) < 4.78 is 119. The van der Waals surface area contributed by atoms with E-state index in [1.165, 1.54) is 24.3 Å². The first-order valence-corrected chi connectivity index (χ1v) is 23.1. The number of carbonyl (C=O) groups is 2. The van der Waals surface area contributed by atoms with Gasteiger partial charge in [0.15, 0.2) is 5.60 Å². The molecule has 1 saturated carbocycles. The van der Waals surface area contributed by atoms with E-state index >= 15 is 8.78 Å². The Morgan fingerprint density at radius 1 is 1.00 bits per heavy atom. The number of hydrogen-bond acceptors (Lipinski definition) is 7. The normalized spacial score (nSPS) is 18.4. The molecule has 1 aromatic heterocycles. The largest absolute Gasteiger partial charge is 0.416 e. The molecule has 0 bridgehead atoms. The first kappa shape index (κ1) is 40.1. The highest BCUT2D eigenvalue weighted by atomic mass is 32.2. The van der Waals surface area contributed by atoms with Crippen molar-refractivity contribution in [2.24, 2.45) is 5.92 Å². The predicted octanol–water partition coefficient (Wildman–Crippen LogP) is 7.77. The molecule has 17 heteroatoms. The number of nitrogens with zero attached hydrogens (tertiary/aromatic N) is 3. The standard InChI is InChI=1S/C38H52F5N5O5SSi/c1-35(2,3)54(51)46-29(20-53-36(4,5)38(41,42)43)32-45-28-19-25(15-16-30(28)48(32)23-52-17-18-55(6,7)8)31(24-13-14-24)44-21-37(39,40)22-47-33(49)26-11-9-10-12-27(26)34(47)50/h9-12,15-16,19,24,29,31,44,46H,13-14,17-18,20-23H2,1-8H3/t29-,31+,54+/m0/s1/i21D2. The lowest BCUT2D eigenvalue weighted by molar-refractivity contribution is -0.265. The summed E-state index contributed by atoms with van der Waals surface area (Å²) in [5.41, 5.74) is -1.41. The minimum atomic E-state index is -4.72. The SMILES string of the molecule is [2H]C([2H])(N[C@@H](c1ccc2c(c1)nc([C@H](COC(C)(C)C(F)(F)F)N[S@](=O)C(C)(C)C)n2COCC[Si](C)(C)C)C1CC1)C(F)(F)CN1C(=O)c2ccccc2C1=O. The van der Waals surface area contributed by atoms with Crippen molar-refractivity contribution in [3.05, 3.63) is 65.0 Å². The van der Waals surface area contributed by atoms with Crippen molar-refractivity contribution in [3.8, 4) is 0 Å². The second kappa shape index (κ2) is 16.0. The van der Waals surface area contributed by atoms with Gasteiger partial charge in [0.25, 0.3) is 17.7 Å². The van der Waals surface area contributed by atoms with Crippen LogP contribution in [0.1, 0.15) is 94.4 Å². The third kappa shape index (κ3) is 10.5. The second-order valence-corrected chi connectivity index (χ2v) is 24.5. The van der Waals surface area contributed by atoms with E-state index in [2.05, 4.69) is 29.7 Å². The Morgan fingerprint density at radius 3 is 2.16 bits per heavy atom. The number of aromatic nitrogens is 2. The predicted molar refractivity (Wildman–Crippen MR) is 204 cm³/mol. The average molecular weight is 816 g/mol. The molecular weight excluding hydrogens is 762 g/mol. The summed E-state index contributed by atoms with van der Waals surface area (Å²) in [4.78, 5) is 30.9. The molecule has 2 amide bonds. The number of amides is 2. The van der Waals surface area contributed by atoms with Crippen LogP contribution in [0.5, 0.6) is 0 Å². The van der Waals surface area contributed by atoms with Crippen LogP contribution in [-0.2, 0) is 27.2 Å². The summed E-state index contributed by atoms with van der Waals surface area (Å²) >= 11 is 0. The van der Waals surface area contributed by atoms with Crippen LogP contribution >= 0.6 is 0 Å². The van der Waals surface area contributed by atoms with Crippen molar-refractivity contribution in [1.29, 1.82) is 0 Å². The van der Waals surface area contributed by atoms with Crippen LogP contribution in [-0.4, -0.2) is 87.3 Å². The third-order valence-electron chi connectivity index (χ3n) is 9.53. The van der Waals surface area contributed by atoms with E-state index in [1.54, 1.807) is 43.5 Å². The van der Waals surface area contributed by atoms with E-state index in [-0.39, 0.29) is 29.6 Å². The molecule has 55 heavy (non-hydrogen) atoms. The highest BCUT2D eigenvalue weighted by Crippen LogP contribution is 2.42. The van der Waals surface area contributed by atoms with Gasteiger partial charge in [-0.25, -0.2) is 22.7 Å². The summed E-state index contributed by atoms with van der Waals surface area (Å²) in [5, 5.41) is 2.49. The minimum absolute atomic E-state index is 0.0334. The van der Waals surface area contributed by atoms with Gasteiger partial charge in [0, 0.05) is 23.5 Å². The van der Waals surface area contributed by atoms with Crippen LogP contribution in [0.2, 0.25) is 25.7 Å². The van der Waals surface area contributed by atoms with Gasteiger partial charge in [-0.2, -0.15) is 13.2 Å². The van der Waals surface area contributed by atoms with Gasteiger partial charge in [0.2, 0.25) is 0 Å². The van der Waals surface area contributed by atoms with Crippen molar-refractivity contribution < 1.29 is 48.0 Å². The van der Waals surface area contributed by atoms with Gasteiger partial charge in [-0.15, -0.1) is 0 Å². The number of carbonyl (C=O) groups excluding carboxylic acids is 2. The number of nitrogens with one attached hydrogen (secondary N) is 2. The number of rotatable bonds is 18. The molecule has 3 aromatic rings. The molecule has 2 aliphatic rings. The van der Waals surface area contributed by atoms with E-state index in [0.717, 1.165) is 19.9 Å². The smallest absolute Gasteiger partial charge is 0.364 e. The number of benzene rings is 2. The van der Waals surface area contributed by atoms with E-state index in [4.69, 9.17) is 17.2 Å². The Bertz CT molecular complexity index is 1960. The first-order chi connectivity index (χ1) is 26.1. The van der Waals surface area contributed by atoms with Crippen molar-refractivity contribution in [1.82, 2.24) is 24.5 Å². The molecule has 0 saturated heterocycles. The molecule has 304 valence electrons. The van der Waals surface area contributed by atoms with Gasteiger partial charge in [-0.1, -0.05) is 37.8 Å². The molecule has 2 aromatic carbocycles. The quantitative estimate of drug-likeness (QED) is 0.0584. The lowest BCUT2D eigenvalue weighted by Crippen LogP contribution is -2.46. The molecule has 1 aliphatic heterocycles. The zero-order valence-corrected chi connectivity index (χ0v) is 34.2. The highest BCUT2D eigenvalue weighted by molar-refractivity contribution is 7.84. The Labute approximate surface area is 325 Å². The minimum Gasteiger partial charge on any atom is -0.364 e. The summed E-state index contributed by atoms with van der Waals surface area (Å²) in [5.74, 6) is -6.15. The number of halogens is 5. The molecule has 1 fully saturated rings. The number of alkyl halides is 5. The molecule has 2 N–H and O–H groups in total. The molecule has 2 heterocycles. The maximum atomic E-state index is 15.9. The molecule has 0 spiro atoms. The van der Waals surface area contributed by atoms with Gasteiger partial charge in [0.1, 0.15) is 18.6 Å². The lowest BCUT2D eigenvalue weighted by Gasteiger charge is -2.31. The van der Waals surface area contributed by atoms with Crippen LogP contribution in [0.4, 0.5) is 22.0 Å². The lowest BCUT2D eigenvalue weighted by atomic mass is 10.0. The van der Waals surface area contributed by atoms with Gasteiger partial charge in [-0.05, 0) is 89.3 Å². The van der Waals surface area contributed by atoms with Gasteiger partial charge >= 0.3 is 6.18 Å². The average Bonchev–Trinajstić information content (AvgIpc) is 3.84.